The lowest BCUT2D eigenvalue weighted by molar-refractivity contribution is -0.138. The number of nitrogens with zero attached hydrogens (tertiary/aromatic N) is 2. The molecule has 0 radical (unpaired) electrons. The third-order valence-corrected chi connectivity index (χ3v) is 5.43. The lowest BCUT2D eigenvalue weighted by Gasteiger charge is -2.21. The van der Waals surface area contributed by atoms with Crippen LogP contribution in [0.3, 0.4) is 0 Å². The topological polar surface area (TPSA) is 82.3 Å². The number of anilines is 1. The maximum Gasteiger partial charge on any atom is 0.416 e. The number of hydrogen-bond donors (Lipinski definition) is 2. The van der Waals surface area contributed by atoms with Crippen LogP contribution in [0.25, 0.3) is 10.8 Å². The van der Waals surface area contributed by atoms with Gasteiger partial charge in [0.1, 0.15) is 18.0 Å². The van der Waals surface area contributed by atoms with Crippen LogP contribution in [0.4, 0.5) is 19.0 Å². The lowest BCUT2D eigenvalue weighted by Crippen LogP contribution is -2.23. The summed E-state index contributed by atoms with van der Waals surface area (Å²) in [5.41, 5.74) is 6.66. The quantitative estimate of drug-likeness (QED) is 0.578. The molecule has 0 unspecified atom stereocenters. The van der Waals surface area contributed by atoms with E-state index in [9.17, 15) is 13.2 Å². The summed E-state index contributed by atoms with van der Waals surface area (Å²) >= 11 is 0. The first-order valence-corrected chi connectivity index (χ1v) is 9.94. The van der Waals surface area contributed by atoms with Gasteiger partial charge in [-0.2, -0.15) is 18.3 Å². The van der Waals surface area contributed by atoms with Crippen molar-refractivity contribution >= 4 is 16.6 Å². The molecular formula is C22H23F3N4O2. The minimum Gasteiger partial charge on any atom is -0.488 e. The van der Waals surface area contributed by atoms with E-state index in [-0.39, 0.29) is 11.7 Å². The average Bonchev–Trinajstić information content (AvgIpc) is 3.22. The van der Waals surface area contributed by atoms with E-state index in [0.717, 1.165) is 29.0 Å². The molecule has 1 aliphatic heterocycles. The SMILES string of the molecule is Cc1c([C@@H](N)Nc2nnc(C)c3ccc(O[C@H]4CCOC4)cc23)cccc1C(F)(F)F. The summed E-state index contributed by atoms with van der Waals surface area (Å²) in [7, 11) is 0. The minimum atomic E-state index is -4.45. The first kappa shape index (κ1) is 21.3. The van der Waals surface area contributed by atoms with E-state index in [1.165, 1.54) is 13.0 Å². The second kappa shape index (κ2) is 8.32. The van der Waals surface area contributed by atoms with Crippen molar-refractivity contribution in [3.05, 3.63) is 58.8 Å². The second-order valence-corrected chi connectivity index (χ2v) is 7.58. The molecule has 0 spiro atoms. The summed E-state index contributed by atoms with van der Waals surface area (Å²) in [4.78, 5) is 0. The maximum atomic E-state index is 13.3. The van der Waals surface area contributed by atoms with E-state index in [1.807, 2.05) is 25.1 Å². The lowest BCUT2D eigenvalue weighted by atomic mass is 10.00. The molecule has 1 aliphatic rings. The zero-order chi connectivity index (χ0) is 22.2. The molecule has 31 heavy (non-hydrogen) atoms. The van der Waals surface area contributed by atoms with E-state index in [4.69, 9.17) is 15.2 Å². The molecule has 1 saturated heterocycles. The van der Waals surface area contributed by atoms with E-state index in [2.05, 4.69) is 15.5 Å². The molecule has 164 valence electrons. The van der Waals surface area contributed by atoms with Crippen LogP contribution in [0.15, 0.2) is 36.4 Å². The fourth-order valence-corrected chi connectivity index (χ4v) is 3.77. The maximum absolute atomic E-state index is 13.3. The fraction of sp³-hybridized carbons (Fsp3) is 0.364. The molecule has 2 atom stereocenters. The molecule has 2 heterocycles. The van der Waals surface area contributed by atoms with Gasteiger partial charge in [0.05, 0.1) is 24.5 Å². The summed E-state index contributed by atoms with van der Waals surface area (Å²) in [6, 6.07) is 9.54. The Morgan fingerprint density at radius 1 is 1.16 bits per heavy atom. The van der Waals surface area contributed by atoms with Gasteiger partial charge in [-0.25, -0.2) is 0 Å². The molecule has 9 heteroatoms. The Bertz CT molecular complexity index is 1100. The van der Waals surface area contributed by atoms with Crippen LogP contribution >= 0.6 is 0 Å². The van der Waals surface area contributed by atoms with E-state index >= 15 is 0 Å². The van der Waals surface area contributed by atoms with E-state index in [1.54, 1.807) is 6.07 Å². The minimum absolute atomic E-state index is 0.0141. The van der Waals surface area contributed by atoms with Gasteiger partial charge in [-0.3, -0.25) is 0 Å². The molecule has 3 N–H and O–H groups in total. The highest BCUT2D eigenvalue weighted by Crippen LogP contribution is 2.35. The van der Waals surface area contributed by atoms with Crippen molar-refractivity contribution in [2.75, 3.05) is 18.5 Å². The van der Waals surface area contributed by atoms with Gasteiger partial charge in [-0.15, -0.1) is 5.10 Å². The number of aryl methyl sites for hydroxylation is 1. The third kappa shape index (κ3) is 4.42. The number of hydrogen-bond acceptors (Lipinski definition) is 6. The Morgan fingerprint density at radius 2 is 1.97 bits per heavy atom. The molecule has 1 aromatic heterocycles. The average molecular weight is 432 g/mol. The number of nitrogens with two attached hydrogens (primary N) is 1. The number of nitrogens with one attached hydrogen (secondary N) is 1. The molecule has 0 amide bonds. The third-order valence-electron chi connectivity index (χ3n) is 5.43. The zero-order valence-corrected chi connectivity index (χ0v) is 17.2. The van der Waals surface area contributed by atoms with Crippen molar-refractivity contribution in [3.63, 3.8) is 0 Å². The molecular weight excluding hydrogens is 409 g/mol. The highest BCUT2D eigenvalue weighted by Gasteiger charge is 2.33. The van der Waals surface area contributed by atoms with Crippen molar-refractivity contribution < 1.29 is 22.6 Å². The molecule has 0 saturated carbocycles. The molecule has 1 fully saturated rings. The van der Waals surface area contributed by atoms with Crippen molar-refractivity contribution in [3.8, 4) is 5.75 Å². The standard InChI is InChI=1S/C22H23F3N4O2/c1-12-16(4-3-5-19(12)22(23,24)25)20(26)27-21-18-10-14(31-15-8-9-30-11-15)6-7-17(18)13(2)28-29-21/h3-7,10,15,20H,8-9,11,26H2,1-2H3,(H,27,29)/t15-,20-/m0/s1. The van der Waals surface area contributed by atoms with Gasteiger partial charge >= 0.3 is 6.18 Å². The van der Waals surface area contributed by atoms with Crippen molar-refractivity contribution in [1.29, 1.82) is 0 Å². The van der Waals surface area contributed by atoms with Crippen molar-refractivity contribution in [2.45, 2.75) is 38.7 Å². The molecule has 3 aromatic rings. The van der Waals surface area contributed by atoms with Gasteiger partial charge in [-0.05, 0) is 49.2 Å². The monoisotopic (exact) mass is 432 g/mol. The number of ether oxygens (including phenoxy) is 2. The van der Waals surface area contributed by atoms with Gasteiger partial charge < -0.3 is 20.5 Å². The first-order chi connectivity index (χ1) is 14.7. The first-order valence-electron chi connectivity index (χ1n) is 9.94. The summed E-state index contributed by atoms with van der Waals surface area (Å²) in [5.74, 6) is 1.03. The molecule has 2 aromatic carbocycles. The van der Waals surface area contributed by atoms with Gasteiger partial charge in [-0.1, -0.05) is 12.1 Å². The molecule has 6 nitrogen and oxygen atoms in total. The van der Waals surface area contributed by atoms with Crippen molar-refractivity contribution in [2.24, 2.45) is 5.73 Å². The Kier molecular flexibility index (Phi) is 5.72. The molecule has 0 bridgehead atoms. The molecule has 0 aliphatic carbocycles. The number of fused-ring (bicyclic) bond motifs is 1. The summed E-state index contributed by atoms with van der Waals surface area (Å²) in [6.07, 6.45) is -4.56. The smallest absolute Gasteiger partial charge is 0.416 e. The van der Waals surface area contributed by atoms with Crippen LogP contribution in [0.1, 0.15) is 35.0 Å². The van der Waals surface area contributed by atoms with E-state index < -0.39 is 17.9 Å². The number of alkyl halides is 3. The normalized spacial score (nSPS) is 17.7. The second-order valence-electron chi connectivity index (χ2n) is 7.58. The van der Waals surface area contributed by atoms with Crippen LogP contribution in [-0.4, -0.2) is 29.5 Å². The van der Waals surface area contributed by atoms with Gasteiger partial charge in [0.2, 0.25) is 0 Å². The largest absolute Gasteiger partial charge is 0.488 e. The Morgan fingerprint density at radius 3 is 2.68 bits per heavy atom. The zero-order valence-electron chi connectivity index (χ0n) is 17.2. The summed E-state index contributed by atoms with van der Waals surface area (Å²) in [5, 5.41) is 13.0. The van der Waals surface area contributed by atoms with E-state index in [0.29, 0.717) is 30.3 Å². The van der Waals surface area contributed by atoms with Gasteiger partial charge in [0, 0.05) is 17.2 Å². The van der Waals surface area contributed by atoms with Crippen LogP contribution in [0.2, 0.25) is 0 Å². The van der Waals surface area contributed by atoms with Crippen LogP contribution in [-0.2, 0) is 10.9 Å². The fourth-order valence-electron chi connectivity index (χ4n) is 3.77. The Labute approximate surface area is 177 Å². The van der Waals surface area contributed by atoms with Crippen LogP contribution in [0.5, 0.6) is 5.75 Å². The number of aromatic nitrogens is 2. The summed E-state index contributed by atoms with van der Waals surface area (Å²) < 4.78 is 51.2. The van der Waals surface area contributed by atoms with Crippen molar-refractivity contribution in [1.82, 2.24) is 10.2 Å². The summed E-state index contributed by atoms with van der Waals surface area (Å²) in [6.45, 7) is 4.45. The Balaban J connectivity index is 1.67. The highest BCUT2D eigenvalue weighted by atomic mass is 19.4. The van der Waals surface area contributed by atoms with Crippen LogP contribution < -0.4 is 15.8 Å². The van der Waals surface area contributed by atoms with Gasteiger partial charge in [0.15, 0.2) is 5.82 Å². The Hall–Kier alpha value is -2.91. The molecule has 4 rings (SSSR count). The number of halogens is 3. The van der Waals surface area contributed by atoms with Gasteiger partial charge in [0.25, 0.3) is 0 Å². The van der Waals surface area contributed by atoms with Crippen LogP contribution in [0, 0.1) is 13.8 Å². The number of rotatable bonds is 5. The predicted molar refractivity (Wildman–Crippen MR) is 111 cm³/mol. The predicted octanol–water partition coefficient (Wildman–Crippen LogP) is 4.50. The highest BCUT2D eigenvalue weighted by molar-refractivity contribution is 5.94. The number of benzene rings is 2.